The summed E-state index contributed by atoms with van der Waals surface area (Å²) in [5.74, 6) is -0.261. The summed E-state index contributed by atoms with van der Waals surface area (Å²) in [6.07, 6.45) is 3.60. The Labute approximate surface area is 80.6 Å². The molecule has 13 heavy (non-hydrogen) atoms. The Balaban J connectivity index is 3.68. The van der Waals surface area contributed by atoms with Crippen LogP contribution in [-0.4, -0.2) is 18.1 Å². The van der Waals surface area contributed by atoms with Gasteiger partial charge in [-0.05, 0) is 19.8 Å². The lowest BCUT2D eigenvalue weighted by Gasteiger charge is -2.14. The molecular weight excluding hydrogens is 166 g/mol. The number of esters is 1. The largest absolute Gasteiger partial charge is 0.462 e. The molecule has 0 aromatic heterocycles. The molecule has 3 nitrogen and oxygen atoms in total. The zero-order chi connectivity index (χ0) is 10.3. The van der Waals surface area contributed by atoms with E-state index in [-0.39, 0.29) is 12.1 Å². The molecular formula is C10H21NO2. The molecule has 2 N–H and O–H groups in total. The topological polar surface area (TPSA) is 52.3 Å². The zero-order valence-corrected chi connectivity index (χ0v) is 8.88. The van der Waals surface area contributed by atoms with Crippen molar-refractivity contribution in [3.05, 3.63) is 0 Å². The van der Waals surface area contributed by atoms with Gasteiger partial charge in [-0.3, -0.25) is 4.79 Å². The van der Waals surface area contributed by atoms with E-state index in [1.165, 1.54) is 0 Å². The molecule has 0 aliphatic rings. The van der Waals surface area contributed by atoms with Gasteiger partial charge in [0.1, 0.15) is 6.04 Å². The summed E-state index contributed by atoms with van der Waals surface area (Å²) >= 11 is 0. The van der Waals surface area contributed by atoms with Gasteiger partial charge in [0.15, 0.2) is 0 Å². The van der Waals surface area contributed by atoms with Crippen molar-refractivity contribution in [3.8, 4) is 0 Å². The molecule has 0 saturated heterocycles. The predicted molar refractivity (Wildman–Crippen MR) is 53.3 cm³/mol. The van der Waals surface area contributed by atoms with Gasteiger partial charge in [0.05, 0.1) is 6.10 Å². The van der Waals surface area contributed by atoms with Crippen molar-refractivity contribution in [3.63, 3.8) is 0 Å². The number of unbranched alkanes of at least 4 members (excludes halogenated alkanes) is 1. The van der Waals surface area contributed by atoms with Crippen LogP contribution in [0.25, 0.3) is 0 Å². The fourth-order valence-corrected chi connectivity index (χ4v) is 0.911. The minimum absolute atomic E-state index is 0.0137. The van der Waals surface area contributed by atoms with Crippen LogP contribution in [0.4, 0.5) is 0 Å². The van der Waals surface area contributed by atoms with Crippen LogP contribution < -0.4 is 5.73 Å². The monoisotopic (exact) mass is 187 g/mol. The van der Waals surface area contributed by atoms with E-state index in [1.54, 1.807) is 0 Å². The molecule has 0 bridgehead atoms. The van der Waals surface area contributed by atoms with Crippen molar-refractivity contribution in [1.82, 2.24) is 0 Å². The van der Waals surface area contributed by atoms with Crippen LogP contribution in [0.15, 0.2) is 0 Å². The SMILES string of the molecule is CCCC[C@@H](N)C(=O)O[C@@H](C)CC. The lowest BCUT2D eigenvalue weighted by atomic mass is 10.1. The van der Waals surface area contributed by atoms with E-state index in [0.29, 0.717) is 0 Å². The molecule has 2 atom stereocenters. The van der Waals surface area contributed by atoms with Gasteiger partial charge in [0, 0.05) is 0 Å². The highest BCUT2D eigenvalue weighted by Crippen LogP contribution is 2.03. The highest BCUT2D eigenvalue weighted by atomic mass is 16.5. The van der Waals surface area contributed by atoms with E-state index >= 15 is 0 Å². The first-order valence-corrected chi connectivity index (χ1v) is 5.07. The summed E-state index contributed by atoms with van der Waals surface area (Å²) in [4.78, 5) is 11.3. The number of hydrogen-bond acceptors (Lipinski definition) is 3. The quantitative estimate of drug-likeness (QED) is 0.645. The number of carbonyl (C=O) groups is 1. The summed E-state index contributed by atoms with van der Waals surface area (Å²) in [6.45, 7) is 5.94. The summed E-state index contributed by atoms with van der Waals surface area (Å²) < 4.78 is 5.09. The van der Waals surface area contributed by atoms with Crippen molar-refractivity contribution in [2.45, 2.75) is 58.6 Å². The highest BCUT2D eigenvalue weighted by Gasteiger charge is 2.16. The predicted octanol–water partition coefficient (Wildman–Crippen LogP) is 1.85. The lowest BCUT2D eigenvalue weighted by Crippen LogP contribution is -2.34. The van der Waals surface area contributed by atoms with E-state index in [1.807, 2.05) is 13.8 Å². The first kappa shape index (κ1) is 12.4. The van der Waals surface area contributed by atoms with Crippen LogP contribution in [0.2, 0.25) is 0 Å². The molecule has 0 aliphatic carbocycles. The Bertz CT molecular complexity index is 148. The molecule has 0 unspecified atom stereocenters. The first-order valence-electron chi connectivity index (χ1n) is 5.07. The number of hydrogen-bond donors (Lipinski definition) is 1. The second-order valence-electron chi connectivity index (χ2n) is 3.40. The average Bonchev–Trinajstić information content (AvgIpc) is 2.13. The van der Waals surface area contributed by atoms with E-state index in [9.17, 15) is 4.79 Å². The Morgan fingerprint density at radius 2 is 2.08 bits per heavy atom. The first-order chi connectivity index (χ1) is 6.11. The van der Waals surface area contributed by atoms with Crippen LogP contribution in [0, 0.1) is 0 Å². The molecule has 0 radical (unpaired) electrons. The smallest absolute Gasteiger partial charge is 0.323 e. The van der Waals surface area contributed by atoms with Crippen LogP contribution in [0.3, 0.4) is 0 Å². The Morgan fingerprint density at radius 3 is 2.54 bits per heavy atom. The van der Waals surface area contributed by atoms with Crippen LogP contribution >= 0.6 is 0 Å². The van der Waals surface area contributed by atoms with Crippen molar-refractivity contribution in [2.24, 2.45) is 5.73 Å². The standard InChI is InChI=1S/C10H21NO2/c1-4-6-7-9(11)10(12)13-8(3)5-2/h8-9H,4-7,11H2,1-3H3/t8-,9+/m0/s1. The van der Waals surface area contributed by atoms with Gasteiger partial charge in [-0.2, -0.15) is 0 Å². The summed E-state index contributed by atoms with van der Waals surface area (Å²) in [6, 6.07) is -0.436. The molecule has 0 spiro atoms. The third-order valence-electron chi connectivity index (χ3n) is 2.06. The van der Waals surface area contributed by atoms with Crippen molar-refractivity contribution in [2.75, 3.05) is 0 Å². The Morgan fingerprint density at radius 1 is 1.46 bits per heavy atom. The molecule has 78 valence electrons. The van der Waals surface area contributed by atoms with Gasteiger partial charge < -0.3 is 10.5 Å². The Kier molecular flexibility index (Phi) is 6.59. The third kappa shape index (κ3) is 5.64. The number of rotatable bonds is 6. The highest BCUT2D eigenvalue weighted by molar-refractivity contribution is 5.75. The summed E-state index contributed by atoms with van der Waals surface area (Å²) in [5, 5.41) is 0. The van der Waals surface area contributed by atoms with Gasteiger partial charge in [0.2, 0.25) is 0 Å². The maximum Gasteiger partial charge on any atom is 0.323 e. The molecule has 3 heteroatoms. The summed E-state index contributed by atoms with van der Waals surface area (Å²) in [7, 11) is 0. The molecule has 0 fully saturated rings. The molecule has 0 aliphatic heterocycles. The van der Waals surface area contributed by atoms with Crippen molar-refractivity contribution >= 4 is 5.97 Å². The second kappa shape index (κ2) is 6.89. The maximum absolute atomic E-state index is 11.3. The van der Waals surface area contributed by atoms with E-state index in [2.05, 4.69) is 6.92 Å². The molecule has 0 aromatic carbocycles. The molecule has 0 amide bonds. The van der Waals surface area contributed by atoms with Crippen molar-refractivity contribution < 1.29 is 9.53 Å². The molecule has 0 heterocycles. The zero-order valence-electron chi connectivity index (χ0n) is 8.88. The average molecular weight is 187 g/mol. The second-order valence-corrected chi connectivity index (χ2v) is 3.40. The van der Waals surface area contributed by atoms with Gasteiger partial charge in [0.25, 0.3) is 0 Å². The van der Waals surface area contributed by atoms with Gasteiger partial charge in [-0.1, -0.05) is 26.7 Å². The number of carbonyl (C=O) groups excluding carboxylic acids is 1. The van der Waals surface area contributed by atoms with Gasteiger partial charge >= 0.3 is 5.97 Å². The van der Waals surface area contributed by atoms with Crippen LogP contribution in [-0.2, 0) is 9.53 Å². The Hall–Kier alpha value is -0.570. The maximum atomic E-state index is 11.3. The molecule has 0 rings (SSSR count). The number of nitrogens with two attached hydrogens (primary N) is 1. The van der Waals surface area contributed by atoms with Crippen LogP contribution in [0.5, 0.6) is 0 Å². The molecule has 0 saturated carbocycles. The lowest BCUT2D eigenvalue weighted by molar-refractivity contribution is -0.150. The van der Waals surface area contributed by atoms with Gasteiger partial charge in [-0.15, -0.1) is 0 Å². The van der Waals surface area contributed by atoms with E-state index in [0.717, 1.165) is 25.7 Å². The normalized spacial score (nSPS) is 15.1. The fourth-order valence-electron chi connectivity index (χ4n) is 0.911. The van der Waals surface area contributed by atoms with Crippen LogP contribution in [0.1, 0.15) is 46.5 Å². The molecule has 0 aromatic rings. The minimum atomic E-state index is -0.436. The number of ether oxygens (including phenoxy) is 1. The van der Waals surface area contributed by atoms with Gasteiger partial charge in [-0.25, -0.2) is 0 Å². The fraction of sp³-hybridized carbons (Fsp3) is 0.900. The van der Waals surface area contributed by atoms with E-state index < -0.39 is 6.04 Å². The van der Waals surface area contributed by atoms with E-state index in [4.69, 9.17) is 10.5 Å². The third-order valence-corrected chi connectivity index (χ3v) is 2.06. The summed E-state index contributed by atoms with van der Waals surface area (Å²) in [5.41, 5.74) is 5.63. The van der Waals surface area contributed by atoms with Crippen molar-refractivity contribution in [1.29, 1.82) is 0 Å². The minimum Gasteiger partial charge on any atom is -0.462 e.